The fourth-order valence-corrected chi connectivity index (χ4v) is 2.28. The Kier molecular flexibility index (Phi) is 3.36. The number of ketones is 2. The van der Waals surface area contributed by atoms with Gasteiger partial charge in [-0.25, -0.2) is 0 Å². The summed E-state index contributed by atoms with van der Waals surface area (Å²) in [6.45, 7) is -6.58. The van der Waals surface area contributed by atoms with Gasteiger partial charge in [0.05, 0.1) is 25.0 Å². The number of hydrogen-bond donors (Lipinski definition) is 1. The fourth-order valence-electron chi connectivity index (χ4n) is 2.28. The first-order valence-corrected chi connectivity index (χ1v) is 7.41. The Morgan fingerprint density at radius 3 is 2.17 bits per heavy atom. The molecule has 0 spiro atoms. The predicted molar refractivity (Wildman–Crippen MR) is 92.4 cm³/mol. The Morgan fingerprint density at radius 1 is 0.917 bits per heavy atom. The van der Waals surface area contributed by atoms with Crippen LogP contribution in [0.2, 0.25) is 0 Å². The summed E-state index contributed by atoms with van der Waals surface area (Å²) in [7, 11) is -6.63. The quantitative estimate of drug-likeness (QED) is 0.430. The minimum atomic E-state index is -3.40. The SMILES string of the molecule is [2H]C([2H])([2H])OC1=C(OC([2H])([2H])[2H])C(=O)C(C([2H])([2H])[2H])=C(CCCCCCCC([2H])([2H])C([2H])([2H])C([2H])([2H])O)C1=O. The predicted octanol–water partition coefficient (Wildman–Crippen LogP) is 3.46. The van der Waals surface area contributed by atoms with Crippen molar-refractivity contribution >= 4 is 11.6 Å². The van der Waals surface area contributed by atoms with E-state index in [1.165, 1.54) is 0 Å². The molecule has 0 aliphatic heterocycles. The first-order chi connectivity index (χ1) is 17.2. The molecule has 1 N–H and O–H groups in total. The van der Waals surface area contributed by atoms with Crippen molar-refractivity contribution in [3.8, 4) is 0 Å². The molecule has 0 aromatic heterocycles. The molecule has 0 amide bonds. The summed E-state index contributed by atoms with van der Waals surface area (Å²) < 4.78 is 120. The van der Waals surface area contributed by atoms with Crippen molar-refractivity contribution in [2.75, 3.05) is 20.6 Å². The number of aliphatic hydroxyl groups is 1. The zero-order chi connectivity index (χ0) is 30.8. The Morgan fingerprint density at radius 2 is 1.54 bits per heavy atom. The highest BCUT2D eigenvalue weighted by Gasteiger charge is 2.34. The normalized spacial score (nSPS) is 28.0. The van der Waals surface area contributed by atoms with E-state index in [0.717, 1.165) is 0 Å². The van der Waals surface area contributed by atoms with E-state index in [-0.39, 0.29) is 19.3 Å². The number of hydrogen-bond acceptors (Lipinski definition) is 5. The lowest BCUT2D eigenvalue weighted by atomic mass is 9.89. The summed E-state index contributed by atoms with van der Waals surface area (Å²) in [5.41, 5.74) is -1.59. The van der Waals surface area contributed by atoms with Gasteiger partial charge in [-0.15, -0.1) is 0 Å². The van der Waals surface area contributed by atoms with Crippen LogP contribution in [0.1, 0.15) is 85.1 Å². The second-order valence-electron chi connectivity index (χ2n) is 5.06. The summed E-state index contributed by atoms with van der Waals surface area (Å²) in [4.78, 5) is 26.0. The average Bonchev–Trinajstić information content (AvgIpc) is 2.69. The minimum Gasteiger partial charge on any atom is -0.489 e. The summed E-state index contributed by atoms with van der Waals surface area (Å²) in [6.07, 6.45) is -5.34. The molecule has 0 atom stereocenters. The van der Waals surface area contributed by atoms with Crippen LogP contribution >= 0.6 is 0 Å². The molecular weight excluding hydrogens is 308 g/mol. The lowest BCUT2D eigenvalue weighted by molar-refractivity contribution is -0.121. The molecule has 0 saturated carbocycles. The van der Waals surface area contributed by atoms with Gasteiger partial charge in [-0.1, -0.05) is 38.5 Å². The molecule has 0 fully saturated rings. The van der Waals surface area contributed by atoms with Crippen molar-refractivity contribution < 1.29 is 44.7 Å². The van der Waals surface area contributed by atoms with E-state index in [1.807, 2.05) is 0 Å². The Hall–Kier alpha value is -1.62. The van der Waals surface area contributed by atoms with E-state index in [1.54, 1.807) is 0 Å². The smallest absolute Gasteiger partial charge is 0.228 e. The number of methoxy groups -OCH3 is 2. The van der Waals surface area contributed by atoms with Gasteiger partial charge in [0.2, 0.25) is 23.1 Å². The van der Waals surface area contributed by atoms with Crippen LogP contribution in [0.5, 0.6) is 0 Å². The molecule has 1 aliphatic rings. The number of rotatable bonds is 12. The van der Waals surface area contributed by atoms with Crippen molar-refractivity contribution in [2.24, 2.45) is 0 Å². The zero-order valence-corrected chi connectivity index (χ0v) is 13.0. The van der Waals surface area contributed by atoms with Gasteiger partial charge in [-0.3, -0.25) is 9.59 Å². The van der Waals surface area contributed by atoms with Crippen molar-refractivity contribution in [3.63, 3.8) is 0 Å². The van der Waals surface area contributed by atoms with E-state index in [0.29, 0.717) is 19.3 Å². The fraction of sp³-hybridized carbons (Fsp3) is 0.684. The van der Waals surface area contributed by atoms with Crippen molar-refractivity contribution in [1.82, 2.24) is 0 Å². The van der Waals surface area contributed by atoms with Gasteiger partial charge in [0, 0.05) is 27.3 Å². The number of ether oxygens (including phenoxy) is 2. The van der Waals surface area contributed by atoms with E-state index < -0.39 is 80.9 Å². The zero-order valence-electron chi connectivity index (χ0n) is 28.0. The van der Waals surface area contributed by atoms with Crippen molar-refractivity contribution in [3.05, 3.63) is 22.7 Å². The van der Waals surface area contributed by atoms with Gasteiger partial charge >= 0.3 is 0 Å². The molecule has 0 saturated heterocycles. The molecular formula is C19H30O5. The van der Waals surface area contributed by atoms with E-state index >= 15 is 0 Å². The second-order valence-corrected chi connectivity index (χ2v) is 5.06. The monoisotopic (exact) mass is 353 g/mol. The Balaban J connectivity index is 3.01. The largest absolute Gasteiger partial charge is 0.489 e. The van der Waals surface area contributed by atoms with E-state index in [9.17, 15) is 14.7 Å². The van der Waals surface area contributed by atoms with Crippen LogP contribution in [0.15, 0.2) is 22.7 Å². The van der Waals surface area contributed by atoms with E-state index in [2.05, 4.69) is 9.47 Å². The van der Waals surface area contributed by atoms with Crippen LogP contribution in [-0.4, -0.2) is 37.3 Å². The number of Topliss-reactive ketones (excluding diaryl/α,β-unsaturated/α-hetero) is 2. The second kappa shape index (κ2) is 11.0. The molecule has 136 valence electrons. The molecule has 0 aromatic rings. The molecule has 0 aromatic carbocycles. The summed E-state index contributed by atoms with van der Waals surface area (Å²) in [5, 5.41) is 9.29. The molecule has 0 heterocycles. The summed E-state index contributed by atoms with van der Waals surface area (Å²) in [5.74, 6) is -5.41. The minimum absolute atomic E-state index is 0.108. The van der Waals surface area contributed by atoms with Crippen LogP contribution in [0.3, 0.4) is 0 Å². The van der Waals surface area contributed by atoms with Gasteiger partial charge in [0.1, 0.15) is 0 Å². The molecule has 5 nitrogen and oxygen atoms in total. The molecule has 1 aliphatic carbocycles. The highest BCUT2D eigenvalue weighted by molar-refractivity contribution is 6.23. The molecule has 5 heteroatoms. The van der Waals surface area contributed by atoms with Crippen LogP contribution in [0.4, 0.5) is 0 Å². The van der Waals surface area contributed by atoms with Crippen molar-refractivity contribution in [2.45, 2.75) is 64.5 Å². The standard InChI is InChI=1S/C19H30O5/c1-14-15(12-10-8-6-4-5-7-9-11-13-20)17(22)19(24-3)18(23-2)16(14)21/h20H,4-13H2,1-3H3/i1D3,2D3,3D3,9D2,11D2,13D2. The molecule has 0 unspecified atom stereocenters. The maximum atomic E-state index is 13.1. The lowest BCUT2D eigenvalue weighted by Crippen LogP contribution is -2.25. The number of carbonyl (C=O) groups excluding carboxylic acids is 2. The van der Waals surface area contributed by atoms with Gasteiger partial charge in [0.25, 0.3) is 0 Å². The third kappa shape index (κ3) is 5.48. The number of unbranched alkanes of at least 4 members (excludes halogenated alkanes) is 4. The summed E-state index contributed by atoms with van der Waals surface area (Å²) >= 11 is 0. The first-order valence-electron chi connectivity index (χ1n) is 14.9. The highest BCUT2D eigenvalue weighted by Crippen LogP contribution is 2.28. The third-order valence-corrected chi connectivity index (χ3v) is 3.50. The maximum absolute atomic E-state index is 13.1. The maximum Gasteiger partial charge on any atom is 0.228 e. The van der Waals surface area contributed by atoms with Crippen LogP contribution < -0.4 is 0 Å². The van der Waals surface area contributed by atoms with Crippen molar-refractivity contribution in [1.29, 1.82) is 0 Å². The third-order valence-electron chi connectivity index (χ3n) is 3.50. The van der Waals surface area contributed by atoms with Gasteiger partial charge in [0.15, 0.2) is 0 Å². The van der Waals surface area contributed by atoms with Crippen LogP contribution in [0, 0.1) is 0 Å². The van der Waals surface area contributed by atoms with Gasteiger partial charge < -0.3 is 14.6 Å². The Labute approximate surface area is 165 Å². The number of allylic oxidation sites excluding steroid dienone is 2. The summed E-state index contributed by atoms with van der Waals surface area (Å²) in [6, 6.07) is 0. The lowest BCUT2D eigenvalue weighted by Gasteiger charge is -2.20. The molecule has 0 bridgehead atoms. The van der Waals surface area contributed by atoms with Gasteiger partial charge in [-0.05, 0) is 26.1 Å². The van der Waals surface area contributed by atoms with E-state index in [4.69, 9.17) is 20.6 Å². The molecule has 1 rings (SSSR count). The number of carbonyl (C=O) groups is 2. The topological polar surface area (TPSA) is 72.8 Å². The highest BCUT2D eigenvalue weighted by atomic mass is 16.5. The van der Waals surface area contributed by atoms with Crippen LogP contribution in [-0.2, 0) is 19.1 Å². The Bertz CT molecular complexity index is 981. The first kappa shape index (κ1) is 7.32. The molecule has 0 radical (unpaired) electrons. The van der Waals surface area contributed by atoms with Gasteiger partial charge in [-0.2, -0.15) is 0 Å². The molecule has 24 heavy (non-hydrogen) atoms. The average molecular weight is 354 g/mol. The van der Waals surface area contributed by atoms with Crippen LogP contribution in [0.25, 0.3) is 0 Å².